The van der Waals surface area contributed by atoms with E-state index in [-0.39, 0.29) is 53.8 Å². The van der Waals surface area contributed by atoms with E-state index >= 15 is 0 Å². The quantitative estimate of drug-likeness (QED) is 0.0930. The summed E-state index contributed by atoms with van der Waals surface area (Å²) in [5.74, 6) is -1.62. The summed E-state index contributed by atoms with van der Waals surface area (Å²) >= 11 is 1.35. The van der Waals surface area contributed by atoms with Gasteiger partial charge in [-0.05, 0) is 107 Å². The Morgan fingerprint density at radius 1 is 1.09 bits per heavy atom. The SMILES string of the molecule is CCCO[C@H](CC(C(C)C)N(CCC)C(=O)[C@@H](NC(=O)[C@H]1CCCCN1C)[C@@H](C)CC)c1nc(C(=O)N[C@H]2Cc3ccc(OCCCCN)cc3[C@H](C(=O)O)C2)cs1. The molecule has 1 aromatic heterocycles. The van der Waals surface area contributed by atoms with Crippen molar-refractivity contribution in [2.45, 2.75) is 148 Å². The summed E-state index contributed by atoms with van der Waals surface area (Å²) in [6.07, 6.45) is 7.54. The number of amides is 3. The second-order valence-corrected chi connectivity index (χ2v) is 17.5. The fraction of sp³-hybridized carbons (Fsp3) is 0.705. The van der Waals surface area contributed by atoms with Crippen LogP contribution in [0.1, 0.15) is 144 Å². The zero-order chi connectivity index (χ0) is 42.4. The normalized spacial score (nSPS) is 20.4. The van der Waals surface area contributed by atoms with E-state index in [1.54, 1.807) is 5.38 Å². The molecule has 1 unspecified atom stereocenters. The van der Waals surface area contributed by atoms with Crippen molar-refractivity contribution in [3.05, 3.63) is 45.4 Å². The van der Waals surface area contributed by atoms with Crippen molar-refractivity contribution in [2.75, 3.05) is 39.9 Å². The van der Waals surface area contributed by atoms with Crippen LogP contribution in [0.2, 0.25) is 0 Å². The molecule has 0 bridgehead atoms. The number of nitrogens with two attached hydrogens (primary N) is 1. The summed E-state index contributed by atoms with van der Waals surface area (Å²) < 4.78 is 12.3. The zero-order valence-electron chi connectivity index (χ0n) is 36.0. The lowest BCUT2D eigenvalue weighted by atomic mass is 9.80. The van der Waals surface area contributed by atoms with Gasteiger partial charge in [-0.25, -0.2) is 4.98 Å². The van der Waals surface area contributed by atoms with Crippen LogP contribution in [-0.2, 0) is 25.5 Å². The van der Waals surface area contributed by atoms with Crippen LogP contribution >= 0.6 is 11.3 Å². The monoisotopic (exact) mass is 827 g/mol. The van der Waals surface area contributed by atoms with Gasteiger partial charge in [0.05, 0.1) is 18.6 Å². The number of nitrogens with zero attached hydrogens (tertiary/aromatic N) is 3. The Morgan fingerprint density at radius 2 is 1.86 bits per heavy atom. The van der Waals surface area contributed by atoms with Gasteiger partial charge < -0.3 is 35.8 Å². The van der Waals surface area contributed by atoms with E-state index < -0.39 is 30.1 Å². The number of piperidine rings is 1. The van der Waals surface area contributed by atoms with Gasteiger partial charge in [0.15, 0.2) is 0 Å². The van der Waals surface area contributed by atoms with Crippen LogP contribution in [0.5, 0.6) is 5.75 Å². The lowest BCUT2D eigenvalue weighted by Gasteiger charge is -2.40. The van der Waals surface area contributed by atoms with Crippen LogP contribution in [0, 0.1) is 11.8 Å². The number of carboxylic acid groups (broad SMARTS) is 1. The number of hydrogen-bond donors (Lipinski definition) is 4. The van der Waals surface area contributed by atoms with E-state index in [0.29, 0.717) is 55.5 Å². The van der Waals surface area contributed by atoms with Crippen LogP contribution in [0.15, 0.2) is 23.6 Å². The van der Waals surface area contributed by atoms with Gasteiger partial charge in [0, 0.05) is 37.0 Å². The Morgan fingerprint density at radius 3 is 2.52 bits per heavy atom. The molecule has 1 saturated heterocycles. The Balaban J connectivity index is 1.51. The van der Waals surface area contributed by atoms with Gasteiger partial charge in [-0.15, -0.1) is 11.3 Å². The third-order valence-corrected chi connectivity index (χ3v) is 12.7. The highest BCUT2D eigenvalue weighted by molar-refractivity contribution is 7.09. The molecule has 1 aliphatic heterocycles. The minimum atomic E-state index is -0.947. The third-order valence-electron chi connectivity index (χ3n) is 11.8. The van der Waals surface area contributed by atoms with Crippen molar-refractivity contribution in [1.29, 1.82) is 0 Å². The zero-order valence-corrected chi connectivity index (χ0v) is 36.8. The molecule has 324 valence electrons. The number of aliphatic carboxylic acids is 1. The van der Waals surface area contributed by atoms with Crippen molar-refractivity contribution in [2.24, 2.45) is 17.6 Å². The first-order valence-corrected chi connectivity index (χ1v) is 22.6. The van der Waals surface area contributed by atoms with Crippen molar-refractivity contribution in [3.8, 4) is 5.75 Å². The summed E-state index contributed by atoms with van der Waals surface area (Å²) in [4.78, 5) is 63.3. The molecule has 2 aliphatic rings. The molecule has 1 fully saturated rings. The number of nitrogens with one attached hydrogen (secondary N) is 2. The van der Waals surface area contributed by atoms with Gasteiger partial charge in [-0.2, -0.15) is 0 Å². The average molecular weight is 827 g/mol. The molecule has 0 saturated carbocycles. The summed E-state index contributed by atoms with van der Waals surface area (Å²) in [6, 6.07) is 4.05. The maximum Gasteiger partial charge on any atom is 0.311 e. The number of benzene rings is 1. The number of hydrogen-bond acceptors (Lipinski definition) is 10. The fourth-order valence-electron chi connectivity index (χ4n) is 8.19. The van der Waals surface area contributed by atoms with Gasteiger partial charge in [0.1, 0.15) is 28.6 Å². The highest BCUT2D eigenvalue weighted by atomic mass is 32.1. The van der Waals surface area contributed by atoms with Crippen LogP contribution in [0.25, 0.3) is 0 Å². The predicted octanol–water partition coefficient (Wildman–Crippen LogP) is 6.31. The van der Waals surface area contributed by atoms with E-state index in [1.807, 2.05) is 44.0 Å². The number of fused-ring (bicyclic) bond motifs is 1. The van der Waals surface area contributed by atoms with E-state index in [1.165, 1.54) is 11.3 Å². The van der Waals surface area contributed by atoms with Crippen LogP contribution in [0.3, 0.4) is 0 Å². The first-order chi connectivity index (χ1) is 27.8. The molecule has 4 rings (SSSR count). The molecule has 58 heavy (non-hydrogen) atoms. The molecule has 13 nitrogen and oxygen atoms in total. The van der Waals surface area contributed by atoms with Crippen LogP contribution < -0.4 is 21.1 Å². The molecule has 0 spiro atoms. The molecule has 1 aromatic carbocycles. The van der Waals surface area contributed by atoms with Crippen molar-refractivity contribution < 1.29 is 33.8 Å². The van der Waals surface area contributed by atoms with Crippen molar-refractivity contribution in [1.82, 2.24) is 25.4 Å². The number of carbonyl (C=O) groups is 4. The number of carboxylic acids is 1. The van der Waals surface area contributed by atoms with Gasteiger partial charge in [0.25, 0.3) is 5.91 Å². The summed E-state index contributed by atoms with van der Waals surface area (Å²) in [6.45, 7) is 15.4. The van der Waals surface area contributed by atoms with E-state index in [0.717, 1.165) is 63.5 Å². The molecule has 2 heterocycles. The highest BCUT2D eigenvalue weighted by Crippen LogP contribution is 2.36. The Kier molecular flexibility index (Phi) is 18.9. The second kappa shape index (κ2) is 23.3. The maximum absolute atomic E-state index is 14.7. The van der Waals surface area contributed by atoms with E-state index in [9.17, 15) is 24.3 Å². The number of ether oxygens (including phenoxy) is 2. The number of thiazole rings is 1. The Bertz CT molecular complexity index is 1640. The molecule has 7 atom stereocenters. The number of rotatable bonds is 23. The minimum Gasteiger partial charge on any atom is -0.494 e. The summed E-state index contributed by atoms with van der Waals surface area (Å²) in [5.41, 5.74) is 7.42. The standard InChI is InChI=1S/C44H70N6O7S/c1-8-19-50(43(53)39(29(6)10-3)48-41(52)36-15-11-13-20-49(36)7)37(28(4)5)26-38(57-21-9-2)42-47-35(27-58-42)40(51)46-31-23-30-16-17-32(56-22-14-12-18-45)25-33(30)34(24-31)44(54)55/h16-17,25,27-29,31,34,36-39H,8-15,18-24,26,45H2,1-7H3,(H,46,51)(H,48,52)(H,54,55)/t29-,31-,34+,36+,37?,38+,39-/m0/s1. The summed E-state index contributed by atoms with van der Waals surface area (Å²) in [7, 11) is 1.98. The average Bonchev–Trinajstić information content (AvgIpc) is 3.71. The maximum atomic E-state index is 14.7. The number of carbonyl (C=O) groups excluding carboxylic acids is 3. The fourth-order valence-corrected chi connectivity index (χ4v) is 9.05. The van der Waals surface area contributed by atoms with E-state index in [4.69, 9.17) is 20.2 Å². The highest BCUT2D eigenvalue weighted by Gasteiger charge is 2.39. The molecule has 2 aromatic rings. The molecular formula is C44H70N6O7S. The van der Waals surface area contributed by atoms with E-state index in [2.05, 4.69) is 43.2 Å². The lowest BCUT2D eigenvalue weighted by molar-refractivity contribution is -0.143. The smallest absolute Gasteiger partial charge is 0.311 e. The summed E-state index contributed by atoms with van der Waals surface area (Å²) in [5, 5.41) is 18.8. The number of likely N-dealkylation sites (tertiary alicyclic amines) is 1. The van der Waals surface area contributed by atoms with Crippen LogP contribution in [0.4, 0.5) is 0 Å². The molecule has 0 radical (unpaired) electrons. The van der Waals surface area contributed by atoms with Gasteiger partial charge in [-0.3, -0.25) is 24.1 Å². The second-order valence-electron chi connectivity index (χ2n) is 16.6. The number of aromatic nitrogens is 1. The first-order valence-electron chi connectivity index (χ1n) is 21.7. The van der Waals surface area contributed by atoms with Gasteiger partial charge >= 0.3 is 5.97 Å². The minimum absolute atomic E-state index is 0.0591. The molecule has 5 N–H and O–H groups in total. The first kappa shape index (κ1) is 47.1. The Hall–Kier alpha value is -3.59. The van der Waals surface area contributed by atoms with Crippen molar-refractivity contribution >= 4 is 35.0 Å². The molecular weight excluding hydrogens is 757 g/mol. The Labute approximate surface area is 350 Å². The molecule has 14 heteroatoms. The molecule has 1 aliphatic carbocycles. The number of unbranched alkanes of at least 4 members (excludes halogenated alkanes) is 1. The van der Waals surface area contributed by atoms with Crippen LogP contribution in [-0.4, -0.2) is 108 Å². The third kappa shape index (κ3) is 12.7. The topological polar surface area (TPSA) is 176 Å². The number of likely N-dealkylation sites (N-methyl/N-ethyl adjacent to an activating group) is 1. The largest absolute Gasteiger partial charge is 0.494 e. The predicted molar refractivity (Wildman–Crippen MR) is 228 cm³/mol. The van der Waals surface area contributed by atoms with Gasteiger partial charge in [0.2, 0.25) is 11.8 Å². The van der Waals surface area contributed by atoms with Gasteiger partial charge in [-0.1, -0.05) is 60.5 Å². The van der Waals surface area contributed by atoms with Crippen molar-refractivity contribution in [3.63, 3.8) is 0 Å². The molecule has 3 amide bonds. The lowest BCUT2D eigenvalue weighted by Crippen LogP contribution is -2.58.